The minimum absolute atomic E-state index is 0.258. The molecule has 5 fully saturated rings. The molecule has 0 aromatic rings. The molecule has 1 N–H and O–H groups in total. The molecule has 24 heavy (non-hydrogen) atoms. The number of morpholine rings is 1. The van der Waals surface area contributed by atoms with E-state index in [0.717, 1.165) is 37.5 Å². The van der Waals surface area contributed by atoms with Crippen LogP contribution in [0.15, 0.2) is 0 Å². The fraction of sp³-hybridized carbons (Fsp3) is 1.00. The summed E-state index contributed by atoms with van der Waals surface area (Å²) in [7, 11) is 0. The van der Waals surface area contributed by atoms with E-state index < -0.39 is 0 Å². The molecule has 5 aliphatic rings. The third-order valence-electron chi connectivity index (χ3n) is 6.85. The topological polar surface area (TPSA) is 41.9 Å². The third-order valence-corrected chi connectivity index (χ3v) is 6.85. The largest absolute Gasteiger partial charge is 0.389 e. The average molecular weight is 338 g/mol. The summed E-state index contributed by atoms with van der Waals surface area (Å²) in [6.45, 7) is 8.12. The zero-order chi connectivity index (χ0) is 16.7. The quantitative estimate of drug-likeness (QED) is 0.809. The number of nitrogens with zero attached hydrogens (tertiary/aromatic N) is 1. The predicted octanol–water partition coefficient (Wildman–Crippen LogP) is 2.69. The second-order valence-corrected chi connectivity index (χ2v) is 9.56. The Morgan fingerprint density at radius 3 is 2.12 bits per heavy atom. The molecule has 0 amide bonds. The van der Waals surface area contributed by atoms with Crippen LogP contribution >= 0.6 is 0 Å². The first-order valence-corrected chi connectivity index (χ1v) is 10.1. The molecule has 4 bridgehead atoms. The Labute approximate surface area is 146 Å². The average Bonchev–Trinajstić information content (AvgIpc) is 2.44. The molecule has 4 aliphatic carbocycles. The van der Waals surface area contributed by atoms with Gasteiger partial charge in [0, 0.05) is 19.6 Å². The predicted molar refractivity (Wildman–Crippen MR) is 93.9 cm³/mol. The van der Waals surface area contributed by atoms with Crippen molar-refractivity contribution in [3.63, 3.8) is 0 Å². The molecule has 1 heterocycles. The number of aliphatic hydroxyl groups excluding tert-OH is 1. The first-order valence-electron chi connectivity index (χ1n) is 10.1. The molecule has 1 saturated heterocycles. The van der Waals surface area contributed by atoms with E-state index in [1.807, 2.05) is 0 Å². The highest BCUT2D eigenvalue weighted by atomic mass is 16.5. The number of hydrogen-bond acceptors (Lipinski definition) is 4. The summed E-state index contributed by atoms with van der Waals surface area (Å²) >= 11 is 0. The van der Waals surface area contributed by atoms with Crippen molar-refractivity contribution in [2.75, 3.05) is 32.8 Å². The maximum Gasteiger partial charge on any atom is 0.0900 e. The smallest absolute Gasteiger partial charge is 0.0900 e. The van der Waals surface area contributed by atoms with Gasteiger partial charge in [0.05, 0.1) is 31.5 Å². The van der Waals surface area contributed by atoms with Crippen LogP contribution in [0, 0.1) is 23.2 Å². The highest BCUT2D eigenvalue weighted by Crippen LogP contribution is 2.60. The van der Waals surface area contributed by atoms with E-state index in [9.17, 15) is 5.11 Å². The second-order valence-electron chi connectivity index (χ2n) is 9.56. The van der Waals surface area contributed by atoms with E-state index in [-0.39, 0.29) is 18.3 Å². The second kappa shape index (κ2) is 6.86. The van der Waals surface area contributed by atoms with E-state index in [4.69, 9.17) is 9.47 Å². The lowest BCUT2D eigenvalue weighted by Crippen LogP contribution is -2.49. The van der Waals surface area contributed by atoms with Crippen molar-refractivity contribution in [1.29, 1.82) is 0 Å². The molecular weight excluding hydrogens is 302 g/mol. The molecular formula is C20H35NO3. The van der Waals surface area contributed by atoms with Gasteiger partial charge in [-0.1, -0.05) is 0 Å². The van der Waals surface area contributed by atoms with E-state index in [0.29, 0.717) is 18.6 Å². The molecule has 5 rings (SSSR count). The summed E-state index contributed by atoms with van der Waals surface area (Å²) in [5, 5.41) is 10.4. The van der Waals surface area contributed by atoms with Crippen LogP contribution in [0.4, 0.5) is 0 Å². The summed E-state index contributed by atoms with van der Waals surface area (Å²) in [6.07, 6.45) is 8.73. The van der Waals surface area contributed by atoms with Gasteiger partial charge in [-0.2, -0.15) is 0 Å². The number of ether oxygens (including phenoxy) is 2. The van der Waals surface area contributed by atoms with Gasteiger partial charge < -0.3 is 14.6 Å². The van der Waals surface area contributed by atoms with E-state index in [1.165, 1.54) is 38.5 Å². The zero-order valence-electron chi connectivity index (χ0n) is 15.5. The fourth-order valence-corrected chi connectivity index (χ4v) is 6.66. The monoisotopic (exact) mass is 337 g/mol. The Morgan fingerprint density at radius 1 is 1.04 bits per heavy atom. The fourth-order valence-electron chi connectivity index (χ4n) is 6.66. The van der Waals surface area contributed by atoms with Gasteiger partial charge in [0.2, 0.25) is 0 Å². The molecule has 4 heteroatoms. The van der Waals surface area contributed by atoms with Crippen LogP contribution in [0.2, 0.25) is 0 Å². The van der Waals surface area contributed by atoms with Gasteiger partial charge in [-0.15, -0.1) is 0 Å². The van der Waals surface area contributed by atoms with Crippen LogP contribution in [0.5, 0.6) is 0 Å². The van der Waals surface area contributed by atoms with Crippen molar-refractivity contribution in [3.8, 4) is 0 Å². The minimum atomic E-state index is -0.378. The van der Waals surface area contributed by atoms with Gasteiger partial charge in [-0.05, 0) is 75.5 Å². The molecule has 3 atom stereocenters. The summed E-state index contributed by atoms with van der Waals surface area (Å²) in [5.41, 5.74) is 0.455. The highest BCUT2D eigenvalue weighted by molar-refractivity contribution is 5.01. The van der Waals surface area contributed by atoms with Gasteiger partial charge >= 0.3 is 0 Å². The van der Waals surface area contributed by atoms with Crippen LogP contribution in [0.3, 0.4) is 0 Å². The minimum Gasteiger partial charge on any atom is -0.389 e. The van der Waals surface area contributed by atoms with Crippen molar-refractivity contribution in [2.45, 2.75) is 70.7 Å². The van der Waals surface area contributed by atoms with Crippen LogP contribution in [0.25, 0.3) is 0 Å². The van der Waals surface area contributed by atoms with Crippen molar-refractivity contribution in [3.05, 3.63) is 0 Å². The Bertz CT molecular complexity index is 395. The molecule has 1 aliphatic heterocycles. The van der Waals surface area contributed by atoms with Crippen molar-refractivity contribution < 1.29 is 14.6 Å². The van der Waals surface area contributed by atoms with Gasteiger partial charge in [0.1, 0.15) is 0 Å². The lowest BCUT2D eigenvalue weighted by Gasteiger charge is -2.56. The Kier molecular flexibility index (Phi) is 4.94. The Morgan fingerprint density at radius 2 is 1.58 bits per heavy atom. The molecule has 0 aromatic heterocycles. The Balaban J connectivity index is 1.21. The lowest BCUT2D eigenvalue weighted by molar-refractivity contribution is -0.112. The molecule has 138 valence electrons. The summed E-state index contributed by atoms with van der Waals surface area (Å²) < 4.78 is 11.8. The first-order chi connectivity index (χ1) is 11.5. The maximum absolute atomic E-state index is 10.4. The van der Waals surface area contributed by atoms with E-state index in [1.54, 1.807) is 0 Å². The Hall–Kier alpha value is -0.160. The van der Waals surface area contributed by atoms with Crippen LogP contribution in [-0.2, 0) is 9.47 Å². The van der Waals surface area contributed by atoms with Crippen LogP contribution < -0.4 is 0 Å². The van der Waals surface area contributed by atoms with Gasteiger partial charge in [0.15, 0.2) is 0 Å². The molecule has 4 nitrogen and oxygen atoms in total. The normalized spacial score (nSPS) is 46.4. The molecule has 0 aromatic carbocycles. The van der Waals surface area contributed by atoms with Gasteiger partial charge in [-0.25, -0.2) is 0 Å². The lowest BCUT2D eigenvalue weighted by atomic mass is 9.50. The SMILES string of the molecule is C[C@@H]1CN(C[C@@H](O)COCC23CC4CC(CC(C4)C2)C3)C[C@H](C)O1. The number of rotatable bonds is 6. The maximum atomic E-state index is 10.4. The van der Waals surface area contributed by atoms with Crippen molar-refractivity contribution in [2.24, 2.45) is 23.2 Å². The third kappa shape index (κ3) is 3.82. The van der Waals surface area contributed by atoms with Crippen LogP contribution in [-0.4, -0.2) is 61.2 Å². The highest BCUT2D eigenvalue weighted by Gasteiger charge is 2.50. The van der Waals surface area contributed by atoms with Crippen LogP contribution in [0.1, 0.15) is 52.4 Å². The van der Waals surface area contributed by atoms with Crippen molar-refractivity contribution in [1.82, 2.24) is 4.90 Å². The van der Waals surface area contributed by atoms with Crippen molar-refractivity contribution >= 4 is 0 Å². The number of β-amino-alcohol motifs (C(OH)–C–C–N with tert-alkyl or cyclic N) is 1. The molecule has 0 unspecified atom stereocenters. The molecule has 0 radical (unpaired) electrons. The molecule has 0 spiro atoms. The van der Waals surface area contributed by atoms with E-state index >= 15 is 0 Å². The standard InChI is InChI=1S/C20H35NO3/c1-14-9-21(10-15(2)24-14)11-19(22)12-23-13-20-6-16-3-17(7-20)5-18(4-16)8-20/h14-19,22H,3-13H2,1-2H3/t14-,15+,16?,17?,18?,19-,20?/m1/s1. The van der Waals surface area contributed by atoms with Gasteiger partial charge in [-0.3, -0.25) is 4.90 Å². The molecule has 4 saturated carbocycles. The number of aliphatic hydroxyl groups is 1. The zero-order valence-corrected chi connectivity index (χ0v) is 15.5. The van der Waals surface area contributed by atoms with E-state index in [2.05, 4.69) is 18.7 Å². The number of hydrogen-bond donors (Lipinski definition) is 1. The summed E-state index contributed by atoms with van der Waals surface area (Å²) in [6, 6.07) is 0. The van der Waals surface area contributed by atoms with Gasteiger partial charge in [0.25, 0.3) is 0 Å². The first kappa shape index (κ1) is 17.3. The summed E-state index contributed by atoms with van der Waals surface area (Å²) in [4.78, 5) is 2.32. The summed E-state index contributed by atoms with van der Waals surface area (Å²) in [5.74, 6) is 2.92.